The van der Waals surface area contributed by atoms with Crippen LogP contribution in [0.15, 0.2) is 0 Å². The van der Waals surface area contributed by atoms with Gasteiger partial charge in [0.1, 0.15) is 0 Å². The number of unbranched alkanes of at least 4 members (excludes halogenated alkanes) is 4. The molecule has 2 nitrogen and oxygen atoms in total. The summed E-state index contributed by atoms with van der Waals surface area (Å²) in [6, 6.07) is 0. The lowest BCUT2D eigenvalue weighted by molar-refractivity contribution is -0.143. The van der Waals surface area contributed by atoms with Crippen LogP contribution in [0.2, 0.25) is 0 Å². The molecule has 0 unspecified atom stereocenters. The molecule has 90 valence electrons. The van der Waals surface area contributed by atoms with Crippen molar-refractivity contribution in [3.8, 4) is 0 Å². The first-order valence-corrected chi connectivity index (χ1v) is 6.65. The third kappa shape index (κ3) is 12.0. The van der Waals surface area contributed by atoms with Crippen molar-refractivity contribution in [3.05, 3.63) is 0 Å². The molecule has 4 heteroatoms. The Morgan fingerprint density at radius 3 is 2.13 bits per heavy atom. The fourth-order valence-electron chi connectivity index (χ4n) is 1.17. The molecule has 0 fully saturated rings. The number of halogens is 2. The van der Waals surface area contributed by atoms with E-state index in [4.69, 9.17) is 27.9 Å². The van der Waals surface area contributed by atoms with Gasteiger partial charge < -0.3 is 4.74 Å². The van der Waals surface area contributed by atoms with E-state index in [0.717, 1.165) is 44.4 Å². The highest BCUT2D eigenvalue weighted by Gasteiger charge is 2.01. The number of carbonyl (C=O) groups excluding carboxylic acids is 1. The van der Waals surface area contributed by atoms with Crippen LogP contribution >= 0.6 is 23.2 Å². The molecule has 0 aliphatic carbocycles. The van der Waals surface area contributed by atoms with Gasteiger partial charge in [0.2, 0.25) is 0 Å². The van der Waals surface area contributed by atoms with Crippen LogP contribution in [0.5, 0.6) is 0 Å². The minimum atomic E-state index is -0.0996. The van der Waals surface area contributed by atoms with E-state index in [1.807, 2.05) is 0 Å². The van der Waals surface area contributed by atoms with Gasteiger partial charge in [-0.3, -0.25) is 4.79 Å². The molecule has 0 saturated carbocycles. The van der Waals surface area contributed by atoms with Crippen LogP contribution < -0.4 is 0 Å². The van der Waals surface area contributed by atoms with Gasteiger partial charge in [0.15, 0.2) is 0 Å². The Labute approximate surface area is 102 Å². The van der Waals surface area contributed by atoms with Gasteiger partial charge in [-0.2, -0.15) is 0 Å². The zero-order chi connectivity index (χ0) is 11.4. The molecular weight excluding hydrogens is 235 g/mol. The smallest absolute Gasteiger partial charge is 0.305 e. The number of ether oxygens (including phenoxy) is 1. The molecule has 0 rings (SSSR count). The zero-order valence-electron chi connectivity index (χ0n) is 9.14. The molecule has 0 aromatic carbocycles. The maximum absolute atomic E-state index is 11.1. The van der Waals surface area contributed by atoms with Gasteiger partial charge in [-0.25, -0.2) is 0 Å². The second kappa shape index (κ2) is 12.1. The van der Waals surface area contributed by atoms with Crippen LogP contribution in [0.1, 0.15) is 44.9 Å². The number of alkyl halides is 2. The molecule has 0 heterocycles. The van der Waals surface area contributed by atoms with Crippen LogP contribution in [-0.2, 0) is 9.53 Å². The van der Waals surface area contributed by atoms with Gasteiger partial charge in [-0.15, -0.1) is 23.2 Å². The predicted molar refractivity (Wildman–Crippen MR) is 64.7 cm³/mol. The maximum atomic E-state index is 11.1. The lowest BCUT2D eigenvalue weighted by Gasteiger charge is -2.03. The first kappa shape index (κ1) is 15.0. The molecule has 0 bridgehead atoms. The predicted octanol–water partition coefficient (Wildman–Crippen LogP) is 3.74. The summed E-state index contributed by atoms with van der Waals surface area (Å²) in [5.74, 6) is 1.24. The van der Waals surface area contributed by atoms with Crippen molar-refractivity contribution in [2.45, 2.75) is 44.9 Å². The fraction of sp³-hybridized carbons (Fsp3) is 0.909. The number of rotatable bonds is 10. The van der Waals surface area contributed by atoms with Crippen molar-refractivity contribution < 1.29 is 9.53 Å². The van der Waals surface area contributed by atoms with E-state index >= 15 is 0 Å². The average Bonchev–Trinajstić information content (AvgIpc) is 2.23. The Bertz CT molecular complexity index is 152. The maximum Gasteiger partial charge on any atom is 0.305 e. The standard InChI is InChI=1S/C11H20Cl2O2/c12-8-4-1-2-6-10-15-11(14)7-3-5-9-13/h1-10H2. The summed E-state index contributed by atoms with van der Waals surface area (Å²) in [6.07, 6.45) is 6.40. The quantitative estimate of drug-likeness (QED) is 0.337. The highest BCUT2D eigenvalue weighted by atomic mass is 35.5. The lowest BCUT2D eigenvalue weighted by atomic mass is 10.2. The molecule has 15 heavy (non-hydrogen) atoms. The van der Waals surface area contributed by atoms with E-state index in [9.17, 15) is 4.79 Å². The van der Waals surface area contributed by atoms with Crippen molar-refractivity contribution in [1.82, 2.24) is 0 Å². The molecule has 0 amide bonds. The second-order valence-corrected chi connectivity index (χ2v) is 4.23. The van der Waals surface area contributed by atoms with Crippen LogP contribution in [0.4, 0.5) is 0 Å². The van der Waals surface area contributed by atoms with Crippen molar-refractivity contribution in [2.24, 2.45) is 0 Å². The third-order valence-electron chi connectivity index (χ3n) is 2.06. The van der Waals surface area contributed by atoms with Gasteiger partial charge in [-0.1, -0.05) is 12.8 Å². The summed E-state index contributed by atoms with van der Waals surface area (Å²) in [7, 11) is 0. The van der Waals surface area contributed by atoms with Crippen molar-refractivity contribution in [3.63, 3.8) is 0 Å². The number of carbonyl (C=O) groups is 1. The lowest BCUT2D eigenvalue weighted by Crippen LogP contribution is -2.05. The first-order valence-electron chi connectivity index (χ1n) is 5.58. The Balaban J connectivity index is 3.10. The average molecular weight is 255 g/mol. The van der Waals surface area contributed by atoms with Crippen molar-refractivity contribution >= 4 is 29.2 Å². The van der Waals surface area contributed by atoms with Crippen molar-refractivity contribution in [2.75, 3.05) is 18.4 Å². The van der Waals surface area contributed by atoms with Crippen LogP contribution in [-0.4, -0.2) is 24.3 Å². The molecule has 0 spiro atoms. The van der Waals surface area contributed by atoms with Crippen molar-refractivity contribution in [1.29, 1.82) is 0 Å². The molecule has 0 saturated heterocycles. The molecule has 0 atom stereocenters. The van der Waals surface area contributed by atoms with Gasteiger partial charge in [0.05, 0.1) is 6.61 Å². The van der Waals surface area contributed by atoms with Crippen LogP contribution in [0, 0.1) is 0 Å². The Morgan fingerprint density at radius 1 is 0.867 bits per heavy atom. The van der Waals surface area contributed by atoms with E-state index in [2.05, 4.69) is 0 Å². The van der Waals surface area contributed by atoms with E-state index in [0.29, 0.717) is 18.9 Å². The third-order valence-corrected chi connectivity index (χ3v) is 2.59. The van der Waals surface area contributed by atoms with E-state index in [1.54, 1.807) is 0 Å². The molecule has 0 aliphatic rings. The molecular formula is C11H20Cl2O2. The van der Waals surface area contributed by atoms with Crippen LogP contribution in [0.3, 0.4) is 0 Å². The Hall–Kier alpha value is 0.0500. The fourth-order valence-corrected chi connectivity index (χ4v) is 1.55. The summed E-state index contributed by atoms with van der Waals surface area (Å²) in [6.45, 7) is 0.544. The SMILES string of the molecule is O=C(CCCCCl)OCCCCCCCl. The topological polar surface area (TPSA) is 26.3 Å². The highest BCUT2D eigenvalue weighted by molar-refractivity contribution is 6.18. The minimum Gasteiger partial charge on any atom is -0.466 e. The van der Waals surface area contributed by atoms with Gasteiger partial charge in [-0.05, 0) is 25.7 Å². The molecule has 0 aromatic rings. The molecule has 0 aromatic heterocycles. The summed E-state index contributed by atoms with van der Waals surface area (Å²) in [5, 5.41) is 0. The highest BCUT2D eigenvalue weighted by Crippen LogP contribution is 2.03. The first-order chi connectivity index (χ1) is 7.31. The Morgan fingerprint density at radius 2 is 1.47 bits per heavy atom. The van der Waals surface area contributed by atoms with Gasteiger partial charge in [0.25, 0.3) is 0 Å². The summed E-state index contributed by atoms with van der Waals surface area (Å²) in [5.41, 5.74) is 0. The number of hydrogen-bond donors (Lipinski definition) is 0. The second-order valence-electron chi connectivity index (χ2n) is 3.47. The number of hydrogen-bond acceptors (Lipinski definition) is 2. The number of esters is 1. The largest absolute Gasteiger partial charge is 0.466 e. The molecule has 0 N–H and O–H groups in total. The Kier molecular flexibility index (Phi) is 12.2. The summed E-state index contributed by atoms with van der Waals surface area (Å²) >= 11 is 11.0. The minimum absolute atomic E-state index is 0.0996. The van der Waals surface area contributed by atoms with Gasteiger partial charge in [0, 0.05) is 18.2 Å². The summed E-state index contributed by atoms with van der Waals surface area (Å²) < 4.78 is 5.05. The monoisotopic (exact) mass is 254 g/mol. The van der Waals surface area contributed by atoms with Crippen LogP contribution in [0.25, 0.3) is 0 Å². The normalized spacial score (nSPS) is 10.3. The molecule has 0 aliphatic heterocycles. The summed E-state index contributed by atoms with van der Waals surface area (Å²) in [4.78, 5) is 11.1. The van der Waals surface area contributed by atoms with Gasteiger partial charge >= 0.3 is 5.97 Å². The molecule has 0 radical (unpaired) electrons. The van der Waals surface area contributed by atoms with E-state index < -0.39 is 0 Å². The zero-order valence-corrected chi connectivity index (χ0v) is 10.7. The van der Waals surface area contributed by atoms with E-state index in [1.165, 1.54) is 0 Å². The van der Waals surface area contributed by atoms with E-state index in [-0.39, 0.29) is 5.97 Å².